The molecule has 1 aliphatic rings. The molecule has 0 spiro atoms. The van der Waals surface area contributed by atoms with Crippen molar-refractivity contribution in [1.29, 1.82) is 5.26 Å². The van der Waals surface area contributed by atoms with E-state index in [0.717, 1.165) is 11.5 Å². The molecule has 1 saturated carbocycles. The molecule has 0 bridgehead atoms. The largest absolute Gasteiger partial charge is 0.398 e. The van der Waals surface area contributed by atoms with Crippen molar-refractivity contribution >= 4 is 17.3 Å². The number of nitrogens with zero attached hydrogens (tertiary/aromatic N) is 1. The number of nitrogen functional groups attached to an aromatic ring is 1. The smallest absolute Gasteiger partial charge is 0.101 e. The topological polar surface area (TPSA) is 49.8 Å². The molecule has 2 nitrogen and oxygen atoms in total. The Morgan fingerprint density at radius 2 is 1.89 bits per heavy atom. The normalized spacial score (nSPS) is 15.4. The van der Waals surface area contributed by atoms with E-state index in [2.05, 4.69) is 6.92 Å². The molecule has 2 rings (SSSR count). The number of benzene rings is 1. The Bertz CT molecular complexity index is 429. The minimum absolute atomic E-state index is 0.451. The van der Waals surface area contributed by atoms with Crippen LogP contribution in [0.3, 0.4) is 0 Å². The van der Waals surface area contributed by atoms with Gasteiger partial charge in [0.05, 0.1) is 10.6 Å². The van der Waals surface area contributed by atoms with Gasteiger partial charge in [-0.3, -0.25) is 0 Å². The van der Waals surface area contributed by atoms with E-state index in [-0.39, 0.29) is 0 Å². The van der Waals surface area contributed by atoms with Crippen LogP contribution in [-0.2, 0) is 0 Å². The molecular weight excluding hydrogens is 244 g/mol. The maximum Gasteiger partial charge on any atom is 0.101 e. The van der Waals surface area contributed by atoms with Crippen LogP contribution in [0, 0.1) is 24.2 Å². The van der Waals surface area contributed by atoms with Gasteiger partial charge in [0.15, 0.2) is 0 Å². The maximum atomic E-state index is 8.56. The van der Waals surface area contributed by atoms with E-state index in [9.17, 15) is 0 Å². The lowest BCUT2D eigenvalue weighted by Gasteiger charge is -2.15. The highest BCUT2D eigenvalue weighted by molar-refractivity contribution is 6.32. The summed E-state index contributed by atoms with van der Waals surface area (Å²) in [7, 11) is 0. The SMILES string of the molecule is CC1CCCCC1.Cc1c(N)ccc(C#N)c1Cl. The van der Waals surface area contributed by atoms with Crippen LogP contribution >= 0.6 is 11.6 Å². The molecule has 0 amide bonds. The van der Waals surface area contributed by atoms with Crippen molar-refractivity contribution in [3.63, 3.8) is 0 Å². The van der Waals surface area contributed by atoms with Crippen LogP contribution in [0.25, 0.3) is 0 Å². The van der Waals surface area contributed by atoms with E-state index in [1.807, 2.05) is 6.07 Å². The third-order valence-corrected chi connectivity index (χ3v) is 3.93. The second-order valence-electron chi connectivity index (χ2n) is 5.00. The number of nitrogens with two attached hydrogens (primary N) is 1. The van der Waals surface area contributed by atoms with Gasteiger partial charge in [-0.25, -0.2) is 0 Å². The summed E-state index contributed by atoms with van der Waals surface area (Å²) in [5.74, 6) is 1.04. The molecule has 0 heterocycles. The Morgan fingerprint density at radius 1 is 1.28 bits per heavy atom. The Kier molecular flexibility index (Phi) is 6.01. The monoisotopic (exact) mass is 264 g/mol. The average Bonchev–Trinajstić information content (AvgIpc) is 2.38. The van der Waals surface area contributed by atoms with Gasteiger partial charge in [0.25, 0.3) is 0 Å². The first-order chi connectivity index (χ1) is 8.56. The zero-order valence-corrected chi connectivity index (χ0v) is 11.9. The van der Waals surface area contributed by atoms with E-state index in [4.69, 9.17) is 22.6 Å². The average molecular weight is 265 g/mol. The third kappa shape index (κ3) is 4.23. The van der Waals surface area contributed by atoms with Crippen molar-refractivity contribution in [2.75, 3.05) is 5.73 Å². The van der Waals surface area contributed by atoms with Gasteiger partial charge in [0, 0.05) is 5.69 Å². The highest BCUT2D eigenvalue weighted by atomic mass is 35.5. The van der Waals surface area contributed by atoms with Gasteiger partial charge in [-0.1, -0.05) is 50.6 Å². The van der Waals surface area contributed by atoms with Crippen LogP contribution in [0.1, 0.15) is 50.2 Å². The number of halogens is 1. The summed E-state index contributed by atoms with van der Waals surface area (Å²) in [5.41, 5.74) is 7.41. The van der Waals surface area contributed by atoms with Crippen molar-refractivity contribution in [3.05, 3.63) is 28.3 Å². The molecule has 18 heavy (non-hydrogen) atoms. The molecule has 2 N–H and O–H groups in total. The fraction of sp³-hybridized carbons (Fsp3) is 0.533. The van der Waals surface area contributed by atoms with Crippen LogP contribution in [0.5, 0.6) is 0 Å². The molecule has 0 aliphatic heterocycles. The number of hydrogen-bond acceptors (Lipinski definition) is 2. The molecule has 0 atom stereocenters. The molecule has 0 radical (unpaired) electrons. The van der Waals surface area contributed by atoms with Crippen LogP contribution in [0.15, 0.2) is 12.1 Å². The summed E-state index contributed by atoms with van der Waals surface area (Å²) < 4.78 is 0. The lowest BCUT2D eigenvalue weighted by Crippen LogP contribution is -1.99. The van der Waals surface area contributed by atoms with Gasteiger partial charge in [-0.15, -0.1) is 0 Å². The fourth-order valence-corrected chi connectivity index (χ4v) is 2.31. The molecule has 1 aliphatic carbocycles. The predicted molar refractivity (Wildman–Crippen MR) is 77.6 cm³/mol. The summed E-state index contributed by atoms with van der Waals surface area (Å²) in [6.07, 6.45) is 7.44. The van der Waals surface area contributed by atoms with E-state index in [1.54, 1.807) is 19.1 Å². The Labute approximate surface area is 115 Å². The minimum Gasteiger partial charge on any atom is -0.398 e. The lowest BCUT2D eigenvalue weighted by molar-refractivity contribution is 0.385. The third-order valence-electron chi connectivity index (χ3n) is 3.44. The van der Waals surface area contributed by atoms with Crippen molar-refractivity contribution < 1.29 is 0 Å². The van der Waals surface area contributed by atoms with Crippen molar-refractivity contribution in [2.24, 2.45) is 5.92 Å². The molecule has 98 valence electrons. The van der Waals surface area contributed by atoms with Crippen molar-refractivity contribution in [3.8, 4) is 6.07 Å². The highest BCUT2D eigenvalue weighted by Gasteiger charge is 2.06. The number of hydrogen-bond donors (Lipinski definition) is 1. The molecule has 1 fully saturated rings. The first kappa shape index (κ1) is 14.9. The van der Waals surface area contributed by atoms with Crippen molar-refractivity contribution in [1.82, 2.24) is 0 Å². The maximum absolute atomic E-state index is 8.56. The van der Waals surface area contributed by atoms with Gasteiger partial charge in [0.1, 0.15) is 6.07 Å². The van der Waals surface area contributed by atoms with Crippen LogP contribution in [0.2, 0.25) is 5.02 Å². The van der Waals surface area contributed by atoms with Gasteiger partial charge in [-0.05, 0) is 30.5 Å². The molecule has 1 aromatic carbocycles. The lowest BCUT2D eigenvalue weighted by atomic mass is 9.91. The second-order valence-corrected chi connectivity index (χ2v) is 5.37. The van der Waals surface area contributed by atoms with Gasteiger partial charge < -0.3 is 5.73 Å². The predicted octanol–water partition coefficient (Wildman–Crippen LogP) is 4.69. The first-order valence-corrected chi connectivity index (χ1v) is 6.88. The van der Waals surface area contributed by atoms with Gasteiger partial charge >= 0.3 is 0 Å². The second kappa shape index (κ2) is 7.28. The Balaban J connectivity index is 0.000000199. The standard InChI is InChI=1S/C8H7ClN2.C7H14/c1-5-7(11)3-2-6(4-10)8(5)9;1-7-5-3-2-4-6-7/h2-3H,11H2,1H3;7H,2-6H2,1H3. The molecular formula is C15H21ClN2. The van der Waals surface area contributed by atoms with Gasteiger partial charge in [-0.2, -0.15) is 5.26 Å². The zero-order chi connectivity index (χ0) is 13.5. The number of anilines is 1. The van der Waals surface area contributed by atoms with E-state index >= 15 is 0 Å². The molecule has 0 aromatic heterocycles. The number of rotatable bonds is 0. The molecule has 0 saturated heterocycles. The fourth-order valence-electron chi connectivity index (χ4n) is 2.09. The minimum atomic E-state index is 0.451. The quantitative estimate of drug-likeness (QED) is 0.691. The summed E-state index contributed by atoms with van der Waals surface area (Å²) in [5, 5.41) is 9.01. The highest BCUT2D eigenvalue weighted by Crippen LogP contribution is 2.24. The summed E-state index contributed by atoms with van der Waals surface area (Å²) in [6.45, 7) is 4.15. The number of nitriles is 1. The summed E-state index contributed by atoms with van der Waals surface area (Å²) in [6, 6.07) is 5.27. The molecule has 0 unspecified atom stereocenters. The van der Waals surface area contributed by atoms with Crippen LogP contribution in [0.4, 0.5) is 5.69 Å². The summed E-state index contributed by atoms with van der Waals surface area (Å²) in [4.78, 5) is 0. The van der Waals surface area contributed by atoms with Crippen molar-refractivity contribution in [2.45, 2.75) is 46.0 Å². The first-order valence-electron chi connectivity index (χ1n) is 6.51. The Hall–Kier alpha value is -1.20. The van der Waals surface area contributed by atoms with E-state index in [1.165, 1.54) is 32.1 Å². The zero-order valence-electron chi connectivity index (χ0n) is 11.2. The molecule has 1 aromatic rings. The van der Waals surface area contributed by atoms with Crippen LogP contribution < -0.4 is 5.73 Å². The summed E-state index contributed by atoms with van der Waals surface area (Å²) >= 11 is 5.80. The molecule has 3 heteroatoms. The van der Waals surface area contributed by atoms with Crippen LogP contribution in [-0.4, -0.2) is 0 Å². The Morgan fingerprint density at radius 3 is 2.33 bits per heavy atom. The van der Waals surface area contributed by atoms with E-state index in [0.29, 0.717) is 16.3 Å². The van der Waals surface area contributed by atoms with Gasteiger partial charge in [0.2, 0.25) is 0 Å². The van der Waals surface area contributed by atoms with E-state index < -0.39 is 0 Å².